The van der Waals surface area contributed by atoms with E-state index in [0.29, 0.717) is 0 Å². The van der Waals surface area contributed by atoms with Crippen molar-refractivity contribution in [3.63, 3.8) is 0 Å². The molecule has 1 aromatic rings. The van der Waals surface area contributed by atoms with E-state index in [1.165, 1.54) is 18.2 Å². The second-order valence-corrected chi connectivity index (χ2v) is 2.07. The summed E-state index contributed by atoms with van der Waals surface area (Å²) < 4.78 is 0. The van der Waals surface area contributed by atoms with E-state index in [0.717, 1.165) is 0 Å². The fourth-order valence-corrected chi connectivity index (χ4v) is 0.778. The van der Waals surface area contributed by atoms with Crippen molar-refractivity contribution in [2.45, 2.75) is 0 Å². The van der Waals surface area contributed by atoms with Crippen molar-refractivity contribution < 1.29 is 15.0 Å². The number of phenols is 1. The Morgan fingerprint density at radius 3 is 2.58 bits per heavy atom. The molecule has 2 N–H and O–H groups in total. The number of nitroso groups, excluding NO2 is 1. The number of para-hydroxylation sites is 1. The molecule has 5 heteroatoms. The van der Waals surface area contributed by atoms with Gasteiger partial charge in [0.15, 0.2) is 11.4 Å². The molecule has 0 aliphatic rings. The summed E-state index contributed by atoms with van der Waals surface area (Å²) in [6.07, 6.45) is 0. The lowest BCUT2D eigenvalue weighted by Crippen LogP contribution is -1.95. The number of carbonyl (C=O) groups is 1. The molecule has 0 spiro atoms. The van der Waals surface area contributed by atoms with E-state index in [-0.39, 0.29) is 11.3 Å². The van der Waals surface area contributed by atoms with E-state index >= 15 is 0 Å². The standard InChI is InChI=1S/C7H5NO4/c9-6-4(7(10)11)2-1-3-5(6)8-12/h1-3,9H,(H,10,11). The molecule has 0 unspecified atom stereocenters. The Labute approximate surface area is 67.2 Å². The minimum absolute atomic E-state index is 0.269. The van der Waals surface area contributed by atoms with Crippen LogP contribution in [-0.4, -0.2) is 16.2 Å². The molecule has 0 saturated heterocycles. The highest BCUT2D eigenvalue weighted by Gasteiger charge is 2.12. The van der Waals surface area contributed by atoms with Gasteiger partial charge in [-0.15, -0.1) is 4.91 Å². The number of rotatable bonds is 2. The SMILES string of the molecule is O=Nc1cccc(C(=O)O)c1O. The summed E-state index contributed by atoms with van der Waals surface area (Å²) in [5.74, 6) is -1.89. The van der Waals surface area contributed by atoms with Gasteiger partial charge in [-0.05, 0) is 17.3 Å². The van der Waals surface area contributed by atoms with Crippen molar-refractivity contribution in [1.29, 1.82) is 0 Å². The van der Waals surface area contributed by atoms with Crippen LogP contribution in [0.4, 0.5) is 5.69 Å². The van der Waals surface area contributed by atoms with E-state index in [2.05, 4.69) is 5.18 Å². The molecule has 5 nitrogen and oxygen atoms in total. The first kappa shape index (κ1) is 8.19. The molecular weight excluding hydrogens is 162 g/mol. The van der Waals surface area contributed by atoms with Gasteiger partial charge in [0.05, 0.1) is 0 Å². The maximum Gasteiger partial charge on any atom is 0.339 e. The smallest absolute Gasteiger partial charge is 0.339 e. The summed E-state index contributed by atoms with van der Waals surface area (Å²) in [7, 11) is 0. The summed E-state index contributed by atoms with van der Waals surface area (Å²) >= 11 is 0. The number of aromatic hydroxyl groups is 1. The third-order valence-electron chi connectivity index (χ3n) is 1.34. The van der Waals surface area contributed by atoms with Crippen LogP contribution >= 0.6 is 0 Å². The van der Waals surface area contributed by atoms with Gasteiger partial charge in [0.1, 0.15) is 5.56 Å². The number of hydrogen-bond donors (Lipinski definition) is 2. The van der Waals surface area contributed by atoms with Gasteiger partial charge in [-0.3, -0.25) is 0 Å². The van der Waals surface area contributed by atoms with E-state index in [1.54, 1.807) is 0 Å². The van der Waals surface area contributed by atoms with Crippen LogP contribution in [0.2, 0.25) is 0 Å². The van der Waals surface area contributed by atoms with Crippen molar-refractivity contribution in [2.75, 3.05) is 0 Å². The van der Waals surface area contributed by atoms with Crippen molar-refractivity contribution in [2.24, 2.45) is 5.18 Å². The monoisotopic (exact) mass is 167 g/mol. The summed E-state index contributed by atoms with van der Waals surface area (Å²) in [6.45, 7) is 0. The highest BCUT2D eigenvalue weighted by atomic mass is 16.4. The maximum absolute atomic E-state index is 10.4. The first-order valence-corrected chi connectivity index (χ1v) is 3.05. The first-order valence-electron chi connectivity index (χ1n) is 3.05. The van der Waals surface area contributed by atoms with E-state index in [1.807, 2.05) is 0 Å². The zero-order chi connectivity index (χ0) is 9.14. The third kappa shape index (κ3) is 1.24. The Kier molecular flexibility index (Phi) is 2.05. The molecule has 0 bridgehead atoms. The molecular formula is C7H5NO4. The Morgan fingerprint density at radius 1 is 1.42 bits per heavy atom. The molecule has 0 aliphatic heterocycles. The van der Waals surface area contributed by atoms with E-state index < -0.39 is 11.7 Å². The Hall–Kier alpha value is -1.91. The Balaban J connectivity index is 3.32. The number of benzene rings is 1. The van der Waals surface area contributed by atoms with Crippen LogP contribution < -0.4 is 0 Å². The Bertz CT molecular complexity index is 334. The van der Waals surface area contributed by atoms with Crippen LogP contribution in [-0.2, 0) is 0 Å². The summed E-state index contributed by atoms with van der Waals surface area (Å²) in [5, 5.41) is 20.0. The molecule has 0 heterocycles. The molecule has 0 aliphatic carbocycles. The number of carboxylic acids is 1. The molecule has 0 atom stereocenters. The van der Waals surface area contributed by atoms with Gasteiger partial charge in [-0.1, -0.05) is 6.07 Å². The normalized spacial score (nSPS) is 9.33. The molecule has 0 fully saturated rings. The lowest BCUT2D eigenvalue weighted by atomic mass is 10.2. The highest BCUT2D eigenvalue weighted by molar-refractivity contribution is 5.92. The molecule has 0 saturated carbocycles. The number of hydrogen-bond acceptors (Lipinski definition) is 4. The van der Waals surface area contributed by atoms with Crippen LogP contribution in [0.15, 0.2) is 23.4 Å². The molecule has 62 valence electrons. The van der Waals surface area contributed by atoms with Crippen LogP contribution in [0, 0.1) is 4.91 Å². The van der Waals surface area contributed by atoms with Gasteiger partial charge in [0, 0.05) is 0 Å². The molecule has 0 radical (unpaired) electrons. The summed E-state index contributed by atoms with van der Waals surface area (Å²) in [6, 6.07) is 3.75. The number of nitrogens with zero attached hydrogens (tertiary/aromatic N) is 1. The second-order valence-electron chi connectivity index (χ2n) is 2.07. The number of aromatic carboxylic acids is 1. The average molecular weight is 167 g/mol. The highest BCUT2D eigenvalue weighted by Crippen LogP contribution is 2.29. The van der Waals surface area contributed by atoms with Crippen LogP contribution in [0.5, 0.6) is 5.75 Å². The third-order valence-corrected chi connectivity index (χ3v) is 1.34. The molecule has 1 aromatic carbocycles. The zero-order valence-corrected chi connectivity index (χ0v) is 5.89. The van der Waals surface area contributed by atoms with Crippen molar-refractivity contribution >= 4 is 11.7 Å². The zero-order valence-electron chi connectivity index (χ0n) is 5.89. The minimum atomic E-state index is -1.29. The van der Waals surface area contributed by atoms with Gasteiger partial charge in [0.25, 0.3) is 0 Å². The quantitative estimate of drug-likeness (QED) is 0.653. The summed E-state index contributed by atoms with van der Waals surface area (Å²) in [5.41, 5.74) is -0.595. The van der Waals surface area contributed by atoms with Gasteiger partial charge in [-0.25, -0.2) is 4.79 Å². The second kappa shape index (κ2) is 3.00. The minimum Gasteiger partial charge on any atom is -0.505 e. The fourth-order valence-electron chi connectivity index (χ4n) is 0.778. The lowest BCUT2D eigenvalue weighted by Gasteiger charge is -1.98. The maximum atomic E-state index is 10.4. The van der Waals surface area contributed by atoms with Gasteiger partial charge >= 0.3 is 5.97 Å². The van der Waals surface area contributed by atoms with Crippen molar-refractivity contribution in [3.05, 3.63) is 28.7 Å². The topological polar surface area (TPSA) is 87.0 Å². The van der Waals surface area contributed by atoms with Crippen molar-refractivity contribution in [1.82, 2.24) is 0 Å². The van der Waals surface area contributed by atoms with Crippen LogP contribution in [0.3, 0.4) is 0 Å². The Morgan fingerprint density at radius 2 is 2.08 bits per heavy atom. The molecule has 0 aromatic heterocycles. The number of carboxylic acid groups (broad SMARTS) is 1. The molecule has 1 rings (SSSR count). The van der Waals surface area contributed by atoms with Crippen molar-refractivity contribution in [3.8, 4) is 5.75 Å². The van der Waals surface area contributed by atoms with E-state index in [9.17, 15) is 9.70 Å². The van der Waals surface area contributed by atoms with Crippen LogP contribution in [0.25, 0.3) is 0 Å². The fraction of sp³-hybridized carbons (Fsp3) is 0. The largest absolute Gasteiger partial charge is 0.505 e. The van der Waals surface area contributed by atoms with Gasteiger partial charge < -0.3 is 10.2 Å². The molecule has 0 amide bonds. The first-order chi connectivity index (χ1) is 5.66. The van der Waals surface area contributed by atoms with Crippen LogP contribution in [0.1, 0.15) is 10.4 Å². The lowest BCUT2D eigenvalue weighted by molar-refractivity contribution is 0.0694. The average Bonchev–Trinajstić information content (AvgIpc) is 2.04. The predicted molar refractivity (Wildman–Crippen MR) is 40.5 cm³/mol. The predicted octanol–water partition coefficient (Wildman–Crippen LogP) is 1.49. The molecule has 12 heavy (non-hydrogen) atoms. The van der Waals surface area contributed by atoms with E-state index in [4.69, 9.17) is 10.2 Å². The summed E-state index contributed by atoms with van der Waals surface area (Å²) in [4.78, 5) is 20.4. The van der Waals surface area contributed by atoms with Gasteiger partial charge in [0.2, 0.25) is 0 Å². The van der Waals surface area contributed by atoms with Gasteiger partial charge in [-0.2, -0.15) is 0 Å².